The van der Waals surface area contributed by atoms with Gasteiger partial charge in [0.25, 0.3) is 5.91 Å². The van der Waals surface area contributed by atoms with E-state index >= 15 is 0 Å². The molecule has 0 atom stereocenters. The van der Waals surface area contributed by atoms with Gasteiger partial charge in [-0.2, -0.15) is 0 Å². The zero-order chi connectivity index (χ0) is 19.7. The Kier molecular flexibility index (Phi) is 5.13. The maximum atomic E-state index is 12.9. The molecular weight excluding hydrogens is 358 g/mol. The van der Waals surface area contributed by atoms with E-state index in [-0.39, 0.29) is 24.3 Å². The minimum atomic E-state index is -0.596. The van der Waals surface area contributed by atoms with Crippen molar-refractivity contribution in [3.8, 4) is 5.75 Å². The molecule has 0 spiro atoms. The summed E-state index contributed by atoms with van der Waals surface area (Å²) >= 11 is 0. The maximum Gasteiger partial charge on any atom is 0.325 e. The molecule has 5 rings (SSSR count). The second kappa shape index (κ2) is 7.57. The second-order valence-electron chi connectivity index (χ2n) is 8.66. The summed E-state index contributed by atoms with van der Waals surface area (Å²) in [5.41, 5.74) is 0.0813. The molecule has 1 N–H and O–H groups in total. The van der Waals surface area contributed by atoms with E-state index in [1.54, 1.807) is 24.3 Å². The van der Waals surface area contributed by atoms with Crippen molar-refractivity contribution in [2.24, 2.45) is 23.2 Å². The number of carbonyl (C=O) groups is 3. The van der Waals surface area contributed by atoms with Gasteiger partial charge in [-0.05, 0) is 68.4 Å². The number of carbonyl (C=O) groups excluding carboxylic acids is 3. The first-order chi connectivity index (χ1) is 13.5. The molecule has 0 aliphatic heterocycles. The van der Waals surface area contributed by atoms with Crippen LogP contribution in [0.1, 0.15) is 48.9 Å². The molecule has 0 heterocycles. The molecule has 4 fully saturated rings. The van der Waals surface area contributed by atoms with Crippen LogP contribution < -0.4 is 10.1 Å². The van der Waals surface area contributed by atoms with Gasteiger partial charge >= 0.3 is 5.97 Å². The summed E-state index contributed by atoms with van der Waals surface area (Å²) in [6.07, 6.45) is 6.67. The van der Waals surface area contributed by atoms with Gasteiger partial charge in [0.05, 0.1) is 12.7 Å². The number of ether oxygens (including phenoxy) is 2. The standard InChI is InChI=1S/C22H27NO5/c1-27-18-5-3-2-4-17(18)21(26)23-12-20(25)28-13-19(24)22-9-14-6-15(10-22)8-16(7-14)11-22/h2-5,14-16H,6-13H2,1H3,(H,23,26). The summed E-state index contributed by atoms with van der Waals surface area (Å²) in [5, 5.41) is 2.53. The van der Waals surface area contributed by atoms with Crippen LogP contribution >= 0.6 is 0 Å². The Bertz CT molecular complexity index is 752. The Morgan fingerprint density at radius 1 is 1.04 bits per heavy atom. The van der Waals surface area contributed by atoms with Crippen LogP contribution in [0.5, 0.6) is 5.75 Å². The largest absolute Gasteiger partial charge is 0.496 e. The van der Waals surface area contributed by atoms with Gasteiger partial charge in [-0.25, -0.2) is 0 Å². The van der Waals surface area contributed by atoms with Crippen molar-refractivity contribution in [2.45, 2.75) is 38.5 Å². The van der Waals surface area contributed by atoms with Gasteiger partial charge in [0.2, 0.25) is 0 Å². The van der Waals surface area contributed by atoms with E-state index in [9.17, 15) is 14.4 Å². The highest BCUT2D eigenvalue weighted by Gasteiger charge is 2.54. The predicted octanol–water partition coefficient (Wildman–Crippen LogP) is 2.75. The normalized spacial score (nSPS) is 30.0. The highest BCUT2D eigenvalue weighted by atomic mass is 16.5. The first kappa shape index (κ1) is 19.0. The number of rotatable bonds is 7. The van der Waals surface area contributed by atoms with Crippen molar-refractivity contribution in [3.05, 3.63) is 29.8 Å². The molecule has 4 aliphatic carbocycles. The number of nitrogens with one attached hydrogen (secondary N) is 1. The number of ketones is 1. The third-order valence-electron chi connectivity index (χ3n) is 6.74. The van der Waals surface area contributed by atoms with Crippen molar-refractivity contribution in [2.75, 3.05) is 20.3 Å². The van der Waals surface area contributed by atoms with E-state index in [0.717, 1.165) is 19.3 Å². The van der Waals surface area contributed by atoms with Crippen LogP contribution in [-0.4, -0.2) is 37.9 Å². The van der Waals surface area contributed by atoms with Gasteiger partial charge < -0.3 is 14.8 Å². The molecule has 0 unspecified atom stereocenters. The lowest BCUT2D eigenvalue weighted by Gasteiger charge is -2.55. The van der Waals surface area contributed by atoms with Gasteiger partial charge in [-0.15, -0.1) is 0 Å². The van der Waals surface area contributed by atoms with Crippen LogP contribution in [0.3, 0.4) is 0 Å². The van der Waals surface area contributed by atoms with Gasteiger partial charge in [-0.3, -0.25) is 14.4 Å². The summed E-state index contributed by atoms with van der Waals surface area (Å²) < 4.78 is 10.3. The van der Waals surface area contributed by atoms with Crippen molar-refractivity contribution >= 4 is 17.7 Å². The van der Waals surface area contributed by atoms with Crippen molar-refractivity contribution in [1.82, 2.24) is 5.32 Å². The monoisotopic (exact) mass is 385 g/mol. The molecule has 1 aromatic rings. The van der Waals surface area contributed by atoms with Crippen LogP contribution in [0.4, 0.5) is 0 Å². The fourth-order valence-electron chi connectivity index (χ4n) is 5.88. The fourth-order valence-corrected chi connectivity index (χ4v) is 5.88. The molecular formula is C22H27NO5. The lowest BCUT2D eigenvalue weighted by atomic mass is 9.48. The summed E-state index contributed by atoms with van der Waals surface area (Å²) in [4.78, 5) is 37.1. The van der Waals surface area contributed by atoms with E-state index in [4.69, 9.17) is 9.47 Å². The van der Waals surface area contributed by atoms with Gasteiger partial charge in [0.1, 0.15) is 12.3 Å². The zero-order valence-corrected chi connectivity index (χ0v) is 16.2. The number of esters is 1. The molecule has 0 saturated heterocycles. The smallest absolute Gasteiger partial charge is 0.325 e. The highest BCUT2D eigenvalue weighted by molar-refractivity contribution is 5.98. The average molecular weight is 385 g/mol. The third kappa shape index (κ3) is 3.64. The molecule has 0 aromatic heterocycles. The molecule has 4 bridgehead atoms. The summed E-state index contributed by atoms with van der Waals surface area (Å²) in [7, 11) is 1.48. The Labute approximate surface area is 165 Å². The first-order valence-electron chi connectivity index (χ1n) is 10.1. The summed E-state index contributed by atoms with van der Waals surface area (Å²) in [6, 6.07) is 6.79. The van der Waals surface area contributed by atoms with E-state index in [1.807, 2.05) is 0 Å². The van der Waals surface area contributed by atoms with Gasteiger partial charge in [0, 0.05) is 5.41 Å². The van der Waals surface area contributed by atoms with Crippen LogP contribution in [-0.2, 0) is 14.3 Å². The number of benzene rings is 1. The Morgan fingerprint density at radius 3 is 2.25 bits per heavy atom. The number of Topliss-reactive ketones (excluding diaryl/α,β-unsaturated/α-hetero) is 1. The number of hydrogen-bond acceptors (Lipinski definition) is 5. The average Bonchev–Trinajstić information content (AvgIpc) is 2.69. The molecule has 4 saturated carbocycles. The van der Waals surface area contributed by atoms with E-state index < -0.39 is 11.9 Å². The number of hydrogen-bond donors (Lipinski definition) is 1. The van der Waals surface area contributed by atoms with E-state index in [0.29, 0.717) is 29.1 Å². The van der Waals surface area contributed by atoms with E-state index in [1.165, 1.54) is 26.4 Å². The van der Waals surface area contributed by atoms with Crippen molar-refractivity contribution < 1.29 is 23.9 Å². The summed E-state index contributed by atoms with van der Waals surface area (Å²) in [5.74, 6) is 1.51. The van der Waals surface area contributed by atoms with Crippen LogP contribution in [0.25, 0.3) is 0 Å². The minimum absolute atomic E-state index is 0.0657. The Balaban J connectivity index is 1.27. The van der Waals surface area contributed by atoms with Gasteiger partial charge in [0.15, 0.2) is 12.4 Å². The SMILES string of the molecule is COc1ccccc1C(=O)NCC(=O)OCC(=O)C12CC3CC(CC(C3)C1)C2. The highest BCUT2D eigenvalue weighted by Crippen LogP contribution is 2.60. The van der Waals surface area contributed by atoms with Crippen LogP contribution in [0.2, 0.25) is 0 Å². The Morgan fingerprint density at radius 2 is 1.64 bits per heavy atom. The molecule has 28 heavy (non-hydrogen) atoms. The third-order valence-corrected chi connectivity index (χ3v) is 6.74. The maximum absolute atomic E-state index is 12.9. The van der Waals surface area contributed by atoms with E-state index in [2.05, 4.69) is 5.32 Å². The number of para-hydroxylation sites is 1. The molecule has 6 heteroatoms. The predicted molar refractivity (Wildman–Crippen MR) is 102 cm³/mol. The quantitative estimate of drug-likeness (QED) is 0.730. The summed E-state index contributed by atoms with van der Waals surface area (Å²) in [6.45, 7) is -0.458. The second-order valence-corrected chi connectivity index (χ2v) is 8.66. The van der Waals surface area contributed by atoms with Crippen LogP contribution in [0, 0.1) is 23.2 Å². The van der Waals surface area contributed by atoms with Gasteiger partial charge in [-0.1, -0.05) is 12.1 Å². The first-order valence-corrected chi connectivity index (χ1v) is 10.1. The fraction of sp³-hybridized carbons (Fsp3) is 0.591. The lowest BCUT2D eigenvalue weighted by molar-refractivity contribution is -0.157. The molecule has 1 amide bonds. The molecule has 4 aliphatic rings. The molecule has 0 radical (unpaired) electrons. The number of methoxy groups -OCH3 is 1. The number of amides is 1. The molecule has 150 valence electrons. The van der Waals surface area contributed by atoms with Crippen molar-refractivity contribution in [3.63, 3.8) is 0 Å². The van der Waals surface area contributed by atoms with Crippen LogP contribution in [0.15, 0.2) is 24.3 Å². The lowest BCUT2D eigenvalue weighted by Crippen LogP contribution is -2.51. The topological polar surface area (TPSA) is 81.7 Å². The molecule has 1 aromatic carbocycles. The molecule has 6 nitrogen and oxygen atoms in total. The minimum Gasteiger partial charge on any atom is -0.496 e. The van der Waals surface area contributed by atoms with Crippen molar-refractivity contribution in [1.29, 1.82) is 0 Å². The zero-order valence-electron chi connectivity index (χ0n) is 16.2. The Hall–Kier alpha value is -2.37.